The van der Waals surface area contributed by atoms with E-state index in [9.17, 15) is 4.79 Å². The highest BCUT2D eigenvalue weighted by molar-refractivity contribution is 5.83. The van der Waals surface area contributed by atoms with E-state index in [1.54, 1.807) is 0 Å². The molecule has 0 radical (unpaired) electrons. The molecular weight excluding hydrogens is 268 g/mol. The second kappa shape index (κ2) is 11.7. The molecule has 0 atom stereocenters. The Morgan fingerprint density at radius 2 is 1.09 bits per heavy atom. The third kappa shape index (κ3) is 10.8. The Morgan fingerprint density at radius 3 is 1.41 bits per heavy atom. The summed E-state index contributed by atoms with van der Waals surface area (Å²) in [7, 11) is 0. The molecule has 0 aliphatic carbocycles. The number of rotatable bonds is 8. The highest BCUT2D eigenvalue weighted by Gasteiger charge is 2.03. The first kappa shape index (κ1) is 20.1. The van der Waals surface area contributed by atoms with Gasteiger partial charge in [0.25, 0.3) is 0 Å². The molecule has 0 saturated heterocycles. The van der Waals surface area contributed by atoms with E-state index in [0.29, 0.717) is 12.8 Å². The Hall–Kier alpha value is -1.89. The molecule has 0 bridgehead atoms. The number of hydrogen-bond acceptors (Lipinski definition) is 1. The van der Waals surface area contributed by atoms with Crippen LogP contribution >= 0.6 is 0 Å². The third-order valence-electron chi connectivity index (χ3n) is 3.34. The molecule has 0 aromatic carbocycles. The standard InChI is InChI=1S/C21H30O/c1-7-17(3)11-9-13-19(5)15-21(22)16-20(6)14-10-12-18(4)8-2/h7-14H,15-16H2,1-6H3/b11-9+,12-10+,17-7+,18-8+,19-13+,20-14+. The third-order valence-corrected chi connectivity index (χ3v) is 3.34. The van der Waals surface area contributed by atoms with E-state index in [1.165, 1.54) is 11.1 Å². The lowest BCUT2D eigenvalue weighted by molar-refractivity contribution is -0.117. The minimum Gasteiger partial charge on any atom is -0.299 e. The Labute approximate surface area is 136 Å². The van der Waals surface area contributed by atoms with Crippen molar-refractivity contribution in [2.24, 2.45) is 0 Å². The molecule has 0 aromatic rings. The van der Waals surface area contributed by atoms with Gasteiger partial charge in [0, 0.05) is 12.8 Å². The van der Waals surface area contributed by atoms with E-state index in [1.807, 2.05) is 64.2 Å². The quantitative estimate of drug-likeness (QED) is 0.482. The first-order valence-electron chi connectivity index (χ1n) is 7.84. The van der Waals surface area contributed by atoms with Crippen LogP contribution in [0.3, 0.4) is 0 Å². The van der Waals surface area contributed by atoms with E-state index < -0.39 is 0 Å². The van der Waals surface area contributed by atoms with Crippen molar-refractivity contribution in [3.8, 4) is 0 Å². The van der Waals surface area contributed by atoms with Crippen LogP contribution in [0, 0.1) is 0 Å². The molecule has 1 heteroatoms. The van der Waals surface area contributed by atoms with Crippen LogP contribution in [-0.4, -0.2) is 5.78 Å². The van der Waals surface area contributed by atoms with Gasteiger partial charge in [0.05, 0.1) is 0 Å². The molecular formula is C21H30O. The number of allylic oxidation sites excluding steroid dienone is 12. The minimum atomic E-state index is 0.259. The van der Waals surface area contributed by atoms with E-state index in [0.717, 1.165) is 11.1 Å². The molecule has 0 aromatic heterocycles. The van der Waals surface area contributed by atoms with Gasteiger partial charge in [-0.2, -0.15) is 0 Å². The summed E-state index contributed by atoms with van der Waals surface area (Å²) < 4.78 is 0. The van der Waals surface area contributed by atoms with E-state index in [2.05, 4.69) is 26.0 Å². The predicted molar refractivity (Wildman–Crippen MR) is 98.9 cm³/mol. The lowest BCUT2D eigenvalue weighted by atomic mass is 10.0. The maximum atomic E-state index is 12.0. The van der Waals surface area contributed by atoms with Crippen molar-refractivity contribution >= 4 is 5.78 Å². The van der Waals surface area contributed by atoms with Crippen molar-refractivity contribution < 1.29 is 4.79 Å². The lowest BCUT2D eigenvalue weighted by Gasteiger charge is -2.01. The van der Waals surface area contributed by atoms with Gasteiger partial charge in [0.15, 0.2) is 0 Å². The van der Waals surface area contributed by atoms with E-state index in [-0.39, 0.29) is 5.78 Å². The second-order valence-electron chi connectivity index (χ2n) is 5.70. The summed E-state index contributed by atoms with van der Waals surface area (Å²) in [6.07, 6.45) is 17.3. The van der Waals surface area contributed by atoms with Crippen LogP contribution in [0.2, 0.25) is 0 Å². The molecule has 0 aliphatic rings. The highest BCUT2D eigenvalue weighted by Crippen LogP contribution is 2.09. The van der Waals surface area contributed by atoms with Gasteiger partial charge in [-0.15, -0.1) is 0 Å². The van der Waals surface area contributed by atoms with Crippen molar-refractivity contribution in [1.82, 2.24) is 0 Å². The van der Waals surface area contributed by atoms with Crippen LogP contribution in [0.4, 0.5) is 0 Å². The number of hydrogen-bond donors (Lipinski definition) is 0. The monoisotopic (exact) mass is 298 g/mol. The van der Waals surface area contributed by atoms with Crippen LogP contribution in [-0.2, 0) is 4.79 Å². The molecule has 0 unspecified atom stereocenters. The first-order valence-corrected chi connectivity index (χ1v) is 7.84. The fourth-order valence-corrected chi connectivity index (χ4v) is 1.72. The Bertz CT molecular complexity index is 486. The molecule has 0 amide bonds. The maximum absolute atomic E-state index is 12.0. The average molecular weight is 298 g/mol. The normalized spacial score (nSPS) is 15.2. The number of carbonyl (C=O) groups excluding carboxylic acids is 1. The Balaban J connectivity index is 4.44. The largest absolute Gasteiger partial charge is 0.299 e. The van der Waals surface area contributed by atoms with E-state index >= 15 is 0 Å². The summed E-state index contributed by atoms with van der Waals surface area (Å²) >= 11 is 0. The molecule has 120 valence electrons. The fraction of sp³-hybridized carbons (Fsp3) is 0.381. The fourth-order valence-electron chi connectivity index (χ4n) is 1.72. The molecule has 0 fully saturated rings. The zero-order chi connectivity index (χ0) is 17.0. The smallest absolute Gasteiger partial charge is 0.140 e. The summed E-state index contributed by atoms with van der Waals surface area (Å²) in [5.74, 6) is 0.259. The molecule has 0 heterocycles. The molecule has 0 rings (SSSR count). The summed E-state index contributed by atoms with van der Waals surface area (Å²) in [5, 5.41) is 0. The molecule has 0 saturated carbocycles. The Morgan fingerprint density at radius 1 is 0.727 bits per heavy atom. The van der Waals surface area contributed by atoms with Crippen LogP contribution in [0.5, 0.6) is 0 Å². The van der Waals surface area contributed by atoms with E-state index in [4.69, 9.17) is 0 Å². The van der Waals surface area contributed by atoms with Gasteiger partial charge in [-0.3, -0.25) is 4.79 Å². The predicted octanol–water partition coefficient (Wildman–Crippen LogP) is 6.27. The lowest BCUT2D eigenvalue weighted by Crippen LogP contribution is -1.99. The highest BCUT2D eigenvalue weighted by atomic mass is 16.1. The van der Waals surface area contributed by atoms with Gasteiger partial charge in [0.1, 0.15) is 5.78 Å². The van der Waals surface area contributed by atoms with Crippen LogP contribution in [0.25, 0.3) is 0 Å². The van der Waals surface area contributed by atoms with Gasteiger partial charge in [-0.25, -0.2) is 0 Å². The SMILES string of the molecule is C/C=C(C)/C=C/C=C(\C)CC(=O)C/C(C)=C/C=C/C(C)=C/C. The van der Waals surface area contributed by atoms with Gasteiger partial charge >= 0.3 is 0 Å². The molecule has 22 heavy (non-hydrogen) atoms. The number of Topliss-reactive ketones (excluding diaryl/α,β-unsaturated/α-hetero) is 1. The summed E-state index contributed by atoms with van der Waals surface area (Å²) in [6, 6.07) is 0. The van der Waals surface area contributed by atoms with Gasteiger partial charge in [0.2, 0.25) is 0 Å². The number of ketones is 1. The Kier molecular flexibility index (Phi) is 10.7. The molecule has 0 spiro atoms. The summed E-state index contributed by atoms with van der Waals surface area (Å²) in [6.45, 7) is 12.1. The number of carbonyl (C=O) groups is 1. The first-order chi connectivity index (χ1) is 10.4. The van der Waals surface area contributed by atoms with Crippen molar-refractivity contribution in [2.75, 3.05) is 0 Å². The van der Waals surface area contributed by atoms with Gasteiger partial charge in [-0.1, -0.05) is 70.9 Å². The zero-order valence-corrected chi connectivity index (χ0v) is 14.9. The summed E-state index contributed by atoms with van der Waals surface area (Å²) in [5.41, 5.74) is 4.63. The molecule has 0 aliphatic heterocycles. The van der Waals surface area contributed by atoms with Crippen molar-refractivity contribution in [3.63, 3.8) is 0 Å². The molecule has 1 nitrogen and oxygen atoms in total. The minimum absolute atomic E-state index is 0.259. The van der Waals surface area contributed by atoms with Crippen LogP contribution in [0.1, 0.15) is 54.4 Å². The van der Waals surface area contributed by atoms with Gasteiger partial charge < -0.3 is 0 Å². The second-order valence-corrected chi connectivity index (χ2v) is 5.70. The van der Waals surface area contributed by atoms with Gasteiger partial charge in [-0.05, 0) is 41.5 Å². The van der Waals surface area contributed by atoms with Crippen molar-refractivity contribution in [3.05, 3.63) is 70.9 Å². The zero-order valence-electron chi connectivity index (χ0n) is 14.9. The van der Waals surface area contributed by atoms with Crippen molar-refractivity contribution in [2.45, 2.75) is 54.4 Å². The van der Waals surface area contributed by atoms with Crippen molar-refractivity contribution in [1.29, 1.82) is 0 Å². The van der Waals surface area contributed by atoms with Crippen LogP contribution < -0.4 is 0 Å². The maximum Gasteiger partial charge on any atom is 0.140 e. The average Bonchev–Trinajstić information content (AvgIpc) is 2.46. The topological polar surface area (TPSA) is 17.1 Å². The molecule has 0 N–H and O–H groups in total. The summed E-state index contributed by atoms with van der Waals surface area (Å²) in [4.78, 5) is 12.0. The van der Waals surface area contributed by atoms with Crippen LogP contribution in [0.15, 0.2) is 70.9 Å².